The first-order valence-corrected chi connectivity index (χ1v) is 6.47. The van der Waals surface area contributed by atoms with E-state index >= 15 is 0 Å². The molecule has 82 valence electrons. The molecular formula is C9H18N2O2S. The van der Waals surface area contributed by atoms with Crippen LogP contribution in [0.2, 0.25) is 0 Å². The molecule has 1 heterocycles. The normalized spacial score (nSPS) is 24.3. The van der Waals surface area contributed by atoms with Gasteiger partial charge in [-0.25, -0.2) is 0 Å². The van der Waals surface area contributed by atoms with Gasteiger partial charge in [-0.2, -0.15) is 0 Å². The lowest BCUT2D eigenvalue weighted by atomic mass is 10.2. The van der Waals surface area contributed by atoms with Crippen molar-refractivity contribution in [1.29, 1.82) is 0 Å². The Kier molecular flexibility index (Phi) is 4.54. The number of nitrogens with zero attached hydrogens (tertiary/aromatic N) is 1. The largest absolute Gasteiger partial charge is 0.344 e. The van der Waals surface area contributed by atoms with Gasteiger partial charge in [0.25, 0.3) is 0 Å². The Bertz CT molecular complexity index is 233. The highest BCUT2D eigenvalue weighted by atomic mass is 32.2. The smallest absolute Gasteiger partial charge is 0.239 e. The fourth-order valence-corrected chi connectivity index (χ4v) is 2.14. The van der Waals surface area contributed by atoms with Crippen molar-refractivity contribution in [3.8, 4) is 0 Å². The van der Waals surface area contributed by atoms with Crippen LogP contribution in [0.1, 0.15) is 13.3 Å². The summed E-state index contributed by atoms with van der Waals surface area (Å²) in [6.45, 7) is 3.41. The minimum absolute atomic E-state index is 0.0474. The maximum absolute atomic E-state index is 11.4. The maximum atomic E-state index is 11.4. The van der Waals surface area contributed by atoms with E-state index in [1.807, 2.05) is 14.0 Å². The Labute approximate surface area is 87.5 Å². The van der Waals surface area contributed by atoms with Crippen LogP contribution in [-0.2, 0) is 15.6 Å². The zero-order chi connectivity index (χ0) is 10.6. The molecule has 1 fully saturated rings. The lowest BCUT2D eigenvalue weighted by Crippen LogP contribution is -2.38. The lowest BCUT2D eigenvalue weighted by Gasteiger charge is -2.11. The molecular weight excluding hydrogens is 200 g/mol. The summed E-state index contributed by atoms with van der Waals surface area (Å²) in [4.78, 5) is 13.2. The Morgan fingerprint density at radius 2 is 2.36 bits per heavy atom. The molecule has 0 aromatic rings. The highest BCUT2D eigenvalue weighted by molar-refractivity contribution is 7.84. The first kappa shape index (κ1) is 11.7. The van der Waals surface area contributed by atoms with Crippen LogP contribution in [0.5, 0.6) is 0 Å². The summed E-state index contributed by atoms with van der Waals surface area (Å²) in [6.07, 6.45) is 0.869. The predicted octanol–water partition coefficient (Wildman–Crippen LogP) is -0.425. The quantitative estimate of drug-likeness (QED) is 0.681. The Hall–Kier alpha value is -0.420. The zero-order valence-corrected chi connectivity index (χ0v) is 9.60. The van der Waals surface area contributed by atoms with E-state index in [9.17, 15) is 9.00 Å². The van der Waals surface area contributed by atoms with E-state index in [0.29, 0.717) is 18.1 Å². The number of hydrogen-bond acceptors (Lipinski definition) is 3. The van der Waals surface area contributed by atoms with E-state index in [1.54, 1.807) is 4.90 Å². The number of carbonyl (C=O) groups excluding carboxylic acids is 1. The van der Waals surface area contributed by atoms with E-state index < -0.39 is 10.8 Å². The van der Waals surface area contributed by atoms with Gasteiger partial charge in [0.2, 0.25) is 5.91 Å². The second-order valence-electron chi connectivity index (χ2n) is 3.49. The Morgan fingerprint density at radius 3 is 2.86 bits per heavy atom. The Morgan fingerprint density at radius 1 is 1.64 bits per heavy atom. The van der Waals surface area contributed by atoms with Crippen LogP contribution in [0.4, 0.5) is 0 Å². The molecule has 1 N–H and O–H groups in total. The predicted molar refractivity (Wildman–Crippen MR) is 57.6 cm³/mol. The van der Waals surface area contributed by atoms with E-state index in [0.717, 1.165) is 13.0 Å². The molecule has 2 unspecified atom stereocenters. The monoisotopic (exact) mass is 218 g/mol. The van der Waals surface area contributed by atoms with Gasteiger partial charge in [-0.05, 0) is 6.42 Å². The van der Waals surface area contributed by atoms with Gasteiger partial charge in [0.1, 0.15) is 0 Å². The molecule has 0 aliphatic carbocycles. The van der Waals surface area contributed by atoms with Crippen molar-refractivity contribution < 1.29 is 9.00 Å². The van der Waals surface area contributed by atoms with Gasteiger partial charge in [0.05, 0.1) is 6.04 Å². The second kappa shape index (κ2) is 5.46. The highest BCUT2D eigenvalue weighted by Crippen LogP contribution is 2.07. The zero-order valence-electron chi connectivity index (χ0n) is 8.78. The van der Waals surface area contributed by atoms with Gasteiger partial charge in [-0.1, -0.05) is 6.92 Å². The number of likely N-dealkylation sites (tertiary alicyclic amines) is 1. The summed E-state index contributed by atoms with van der Waals surface area (Å²) < 4.78 is 11.1. The van der Waals surface area contributed by atoms with Crippen LogP contribution in [0.15, 0.2) is 0 Å². The van der Waals surface area contributed by atoms with Crippen LogP contribution in [0, 0.1) is 0 Å². The van der Waals surface area contributed by atoms with Crippen molar-refractivity contribution in [2.45, 2.75) is 19.4 Å². The van der Waals surface area contributed by atoms with E-state index in [4.69, 9.17) is 0 Å². The van der Waals surface area contributed by atoms with Gasteiger partial charge in [0, 0.05) is 42.4 Å². The summed E-state index contributed by atoms with van der Waals surface area (Å²) in [7, 11) is 1.08. The lowest BCUT2D eigenvalue weighted by molar-refractivity contribution is -0.128. The van der Waals surface area contributed by atoms with Gasteiger partial charge < -0.3 is 10.2 Å². The average molecular weight is 218 g/mol. The molecule has 14 heavy (non-hydrogen) atoms. The number of rotatable bonds is 5. The second-order valence-corrected chi connectivity index (χ2v) is 5.35. The maximum Gasteiger partial charge on any atom is 0.239 e. The van der Waals surface area contributed by atoms with Crippen molar-refractivity contribution in [1.82, 2.24) is 10.2 Å². The summed E-state index contributed by atoms with van der Waals surface area (Å²) in [5.74, 6) is 1.50. The molecule has 0 bridgehead atoms. The van der Waals surface area contributed by atoms with Gasteiger partial charge in [-0.15, -0.1) is 0 Å². The number of likely N-dealkylation sites (N-methyl/N-ethyl adjacent to an activating group) is 1. The standard InChI is InChI=1S/C9H18N2O2S/c1-3-14(13)7-5-10-8-4-6-11(2)9(8)12/h8,10H,3-7H2,1-2H3. The van der Waals surface area contributed by atoms with Crippen LogP contribution in [0.3, 0.4) is 0 Å². The van der Waals surface area contributed by atoms with Crippen molar-refractivity contribution in [2.24, 2.45) is 0 Å². The first-order chi connectivity index (χ1) is 6.65. The molecule has 0 aromatic heterocycles. The minimum atomic E-state index is -0.734. The molecule has 1 saturated heterocycles. The van der Waals surface area contributed by atoms with Crippen molar-refractivity contribution in [3.05, 3.63) is 0 Å². The number of amides is 1. The van der Waals surface area contributed by atoms with Gasteiger partial charge >= 0.3 is 0 Å². The Balaban J connectivity index is 2.19. The summed E-state index contributed by atoms with van der Waals surface area (Å²) in [5.41, 5.74) is 0. The summed E-state index contributed by atoms with van der Waals surface area (Å²) in [5, 5.41) is 3.14. The molecule has 0 saturated carbocycles. The molecule has 0 spiro atoms. The van der Waals surface area contributed by atoms with Crippen LogP contribution >= 0.6 is 0 Å². The van der Waals surface area contributed by atoms with Crippen LogP contribution in [-0.4, -0.2) is 52.7 Å². The topological polar surface area (TPSA) is 49.4 Å². The number of nitrogens with one attached hydrogen (secondary N) is 1. The van der Waals surface area contributed by atoms with Crippen LogP contribution < -0.4 is 5.32 Å². The molecule has 0 aromatic carbocycles. The third-order valence-corrected chi connectivity index (χ3v) is 3.77. The van der Waals surface area contributed by atoms with Gasteiger partial charge in [-0.3, -0.25) is 9.00 Å². The van der Waals surface area contributed by atoms with Gasteiger partial charge in [0.15, 0.2) is 0 Å². The molecule has 1 rings (SSSR count). The molecule has 1 aliphatic heterocycles. The third-order valence-electron chi connectivity index (χ3n) is 2.47. The van der Waals surface area contributed by atoms with E-state index in [2.05, 4.69) is 5.32 Å². The fourth-order valence-electron chi connectivity index (χ4n) is 1.50. The molecule has 2 atom stereocenters. The average Bonchev–Trinajstić information content (AvgIpc) is 2.49. The van der Waals surface area contributed by atoms with Crippen LogP contribution in [0.25, 0.3) is 0 Å². The SMILES string of the molecule is CCS(=O)CCNC1CCN(C)C1=O. The van der Waals surface area contributed by atoms with E-state index in [1.165, 1.54) is 0 Å². The van der Waals surface area contributed by atoms with E-state index in [-0.39, 0.29) is 11.9 Å². The van der Waals surface area contributed by atoms with Crippen molar-refractivity contribution >= 4 is 16.7 Å². The fraction of sp³-hybridized carbons (Fsp3) is 0.889. The summed E-state index contributed by atoms with van der Waals surface area (Å²) >= 11 is 0. The number of carbonyl (C=O) groups is 1. The molecule has 4 nitrogen and oxygen atoms in total. The first-order valence-electron chi connectivity index (χ1n) is 4.98. The van der Waals surface area contributed by atoms with Crippen molar-refractivity contribution in [2.75, 3.05) is 31.6 Å². The third kappa shape index (κ3) is 3.06. The minimum Gasteiger partial charge on any atom is -0.344 e. The molecule has 1 amide bonds. The molecule has 0 radical (unpaired) electrons. The number of hydrogen-bond donors (Lipinski definition) is 1. The highest BCUT2D eigenvalue weighted by Gasteiger charge is 2.27. The van der Waals surface area contributed by atoms with Crippen molar-refractivity contribution in [3.63, 3.8) is 0 Å². The summed E-state index contributed by atoms with van der Waals surface area (Å²) in [6, 6.07) is -0.0474. The molecule has 5 heteroatoms. The molecule has 1 aliphatic rings.